The summed E-state index contributed by atoms with van der Waals surface area (Å²) in [5.41, 5.74) is 2.53. The number of esters is 1. The number of benzene rings is 3. The number of carbonyl (C=O) groups excluding carboxylic acids is 3. The van der Waals surface area contributed by atoms with E-state index in [1.165, 1.54) is 28.7 Å². The first kappa shape index (κ1) is 25.8. The number of nitrogens with zero attached hydrogens (tertiary/aromatic N) is 2. The molecule has 3 aromatic carbocycles. The molecule has 1 aliphatic heterocycles. The molecule has 2 aliphatic carbocycles. The third-order valence-electron chi connectivity index (χ3n) is 7.89. The summed E-state index contributed by atoms with van der Waals surface area (Å²) < 4.78 is 11.1. The second-order valence-corrected chi connectivity index (χ2v) is 10.6. The Morgan fingerprint density at radius 2 is 1.73 bits per heavy atom. The number of imide groups is 1. The summed E-state index contributed by atoms with van der Waals surface area (Å²) in [6.45, 7) is 2.04. The van der Waals surface area contributed by atoms with Crippen molar-refractivity contribution in [1.82, 2.24) is 0 Å². The number of hydrogen-bond donors (Lipinski definition) is 0. The zero-order chi connectivity index (χ0) is 28.1. The van der Waals surface area contributed by atoms with Crippen LogP contribution in [0.15, 0.2) is 78.4 Å². The van der Waals surface area contributed by atoms with E-state index in [4.69, 9.17) is 21.1 Å². The van der Waals surface area contributed by atoms with Gasteiger partial charge >= 0.3 is 5.97 Å². The largest absolute Gasteiger partial charge is 0.457 e. The number of allylic oxidation sites excluding steroid dienone is 2. The molecule has 1 heterocycles. The van der Waals surface area contributed by atoms with Crippen molar-refractivity contribution in [3.8, 4) is 11.5 Å². The normalized spacial score (nSPS) is 22.8. The average Bonchev–Trinajstić information content (AvgIpc) is 3.59. The molecule has 3 aromatic rings. The van der Waals surface area contributed by atoms with Crippen LogP contribution in [0, 0.1) is 33.8 Å². The van der Waals surface area contributed by atoms with Crippen molar-refractivity contribution in [2.24, 2.45) is 23.7 Å². The minimum atomic E-state index is -0.543. The first-order valence-electron chi connectivity index (χ1n) is 12.8. The summed E-state index contributed by atoms with van der Waals surface area (Å²) in [7, 11) is 0. The SMILES string of the molecule is CC1=C[C@@H]2C[C@H]1[C@H]1C(=O)N(c3ccc(C(=O)OCc4ccc(Oc5ccc([N+](=O)[O-])cc5Cl)cc4)cc3)C(=O)[C@@H]12. The van der Waals surface area contributed by atoms with Crippen LogP contribution in [0.2, 0.25) is 5.02 Å². The summed E-state index contributed by atoms with van der Waals surface area (Å²) in [6, 6.07) is 17.0. The molecule has 9 nitrogen and oxygen atoms in total. The van der Waals surface area contributed by atoms with Gasteiger partial charge in [0.1, 0.15) is 18.1 Å². The van der Waals surface area contributed by atoms with Crippen molar-refractivity contribution in [3.63, 3.8) is 0 Å². The third kappa shape index (κ3) is 4.42. The van der Waals surface area contributed by atoms with E-state index in [1.807, 2.05) is 6.92 Å². The van der Waals surface area contributed by atoms with E-state index in [0.717, 1.165) is 6.42 Å². The molecule has 0 unspecified atom stereocenters. The Bertz CT molecular complexity index is 1580. The highest BCUT2D eigenvalue weighted by Gasteiger charge is 2.60. The highest BCUT2D eigenvalue weighted by Crippen LogP contribution is 2.55. The first-order valence-corrected chi connectivity index (χ1v) is 13.1. The number of amides is 2. The molecule has 1 saturated carbocycles. The zero-order valence-corrected chi connectivity index (χ0v) is 22.0. The van der Waals surface area contributed by atoms with Crippen molar-refractivity contribution in [2.45, 2.75) is 20.0 Å². The number of nitro groups is 1. The van der Waals surface area contributed by atoms with Gasteiger partial charge in [0.25, 0.3) is 5.69 Å². The number of ether oxygens (including phenoxy) is 2. The van der Waals surface area contributed by atoms with Gasteiger partial charge in [-0.3, -0.25) is 24.6 Å². The molecular formula is C30H23ClN2O7. The Labute approximate surface area is 234 Å². The maximum Gasteiger partial charge on any atom is 0.338 e. The lowest BCUT2D eigenvalue weighted by Gasteiger charge is -2.19. The number of non-ortho nitro benzene ring substituents is 1. The summed E-state index contributed by atoms with van der Waals surface area (Å²) in [6.07, 6.45) is 3.01. The molecule has 202 valence electrons. The number of anilines is 1. The van der Waals surface area contributed by atoms with Gasteiger partial charge in [0.2, 0.25) is 11.8 Å². The van der Waals surface area contributed by atoms with Crippen LogP contribution in [0.1, 0.15) is 29.3 Å². The minimum Gasteiger partial charge on any atom is -0.457 e. The van der Waals surface area contributed by atoms with Crippen LogP contribution in [0.3, 0.4) is 0 Å². The molecule has 40 heavy (non-hydrogen) atoms. The maximum absolute atomic E-state index is 13.1. The molecule has 0 spiro atoms. The average molecular weight is 559 g/mol. The summed E-state index contributed by atoms with van der Waals surface area (Å²) >= 11 is 6.07. The summed E-state index contributed by atoms with van der Waals surface area (Å²) in [4.78, 5) is 50.4. The quantitative estimate of drug-likeness (QED) is 0.113. The molecule has 4 atom stereocenters. The molecule has 1 saturated heterocycles. The monoisotopic (exact) mass is 558 g/mol. The molecule has 2 amide bonds. The van der Waals surface area contributed by atoms with Gasteiger partial charge in [-0.25, -0.2) is 4.79 Å². The number of halogens is 1. The van der Waals surface area contributed by atoms with Crippen LogP contribution < -0.4 is 9.64 Å². The van der Waals surface area contributed by atoms with E-state index in [9.17, 15) is 24.5 Å². The molecule has 6 rings (SSSR count). The van der Waals surface area contributed by atoms with E-state index in [-0.39, 0.29) is 58.6 Å². The van der Waals surface area contributed by atoms with Crippen molar-refractivity contribution in [1.29, 1.82) is 0 Å². The van der Waals surface area contributed by atoms with Crippen LogP contribution in [0.4, 0.5) is 11.4 Å². The van der Waals surface area contributed by atoms with E-state index < -0.39 is 10.9 Å². The minimum absolute atomic E-state index is 0.0146. The molecule has 10 heteroatoms. The van der Waals surface area contributed by atoms with Crippen molar-refractivity contribution < 1.29 is 28.8 Å². The van der Waals surface area contributed by atoms with Crippen LogP contribution in [0.5, 0.6) is 11.5 Å². The second kappa shape index (κ2) is 9.91. The van der Waals surface area contributed by atoms with Gasteiger partial charge < -0.3 is 9.47 Å². The van der Waals surface area contributed by atoms with Crippen molar-refractivity contribution >= 4 is 40.8 Å². The molecule has 0 N–H and O–H groups in total. The third-order valence-corrected chi connectivity index (χ3v) is 8.18. The zero-order valence-electron chi connectivity index (χ0n) is 21.3. The Morgan fingerprint density at radius 3 is 2.40 bits per heavy atom. The number of nitro benzene ring substituents is 1. The fraction of sp³-hybridized carbons (Fsp3) is 0.233. The van der Waals surface area contributed by atoms with E-state index in [0.29, 0.717) is 22.6 Å². The fourth-order valence-electron chi connectivity index (χ4n) is 5.97. The van der Waals surface area contributed by atoms with E-state index >= 15 is 0 Å². The molecule has 2 fully saturated rings. The number of carbonyl (C=O) groups is 3. The van der Waals surface area contributed by atoms with Crippen LogP contribution in [-0.4, -0.2) is 22.7 Å². The lowest BCUT2D eigenvalue weighted by Crippen LogP contribution is -2.32. The van der Waals surface area contributed by atoms with E-state index in [2.05, 4.69) is 6.08 Å². The Hall–Kier alpha value is -4.50. The van der Waals surface area contributed by atoms with E-state index in [1.54, 1.807) is 48.5 Å². The van der Waals surface area contributed by atoms with Gasteiger partial charge in [0.05, 0.1) is 33.0 Å². The lowest BCUT2D eigenvalue weighted by molar-refractivity contribution is -0.384. The Balaban J connectivity index is 1.05. The second-order valence-electron chi connectivity index (χ2n) is 10.2. The predicted octanol–water partition coefficient (Wildman–Crippen LogP) is 6.10. The predicted molar refractivity (Wildman–Crippen MR) is 145 cm³/mol. The molecular weight excluding hydrogens is 536 g/mol. The maximum atomic E-state index is 13.1. The van der Waals surface area contributed by atoms with Crippen molar-refractivity contribution in [2.75, 3.05) is 4.90 Å². The van der Waals surface area contributed by atoms with Crippen LogP contribution >= 0.6 is 11.6 Å². The first-order chi connectivity index (χ1) is 19.2. The number of hydrogen-bond acceptors (Lipinski definition) is 7. The standard InChI is InChI=1S/C30H23ClN2O7/c1-16-12-19-13-23(16)27-26(19)28(34)32(29(27)35)20-6-4-18(5-7-20)30(36)39-15-17-2-9-22(10-3-17)40-25-11-8-21(33(37)38)14-24(25)31/h2-12,14,19,23,26-27H,13,15H2,1H3/t19-,23-,26-,27-/m1/s1. The van der Waals surface area contributed by atoms with Gasteiger partial charge in [-0.15, -0.1) is 0 Å². The molecule has 2 bridgehead atoms. The highest BCUT2D eigenvalue weighted by atomic mass is 35.5. The van der Waals surface area contributed by atoms with Crippen molar-refractivity contribution in [3.05, 3.63) is 105 Å². The Morgan fingerprint density at radius 1 is 1.02 bits per heavy atom. The smallest absolute Gasteiger partial charge is 0.338 e. The molecule has 0 aromatic heterocycles. The van der Waals surface area contributed by atoms with Crippen LogP contribution in [-0.2, 0) is 20.9 Å². The lowest BCUT2D eigenvalue weighted by atomic mass is 9.82. The number of rotatable bonds is 7. The molecule has 3 aliphatic rings. The number of fused-ring (bicyclic) bond motifs is 5. The van der Waals surface area contributed by atoms with Gasteiger partial charge in [0, 0.05) is 12.1 Å². The van der Waals surface area contributed by atoms with Gasteiger partial charge in [-0.1, -0.05) is 35.4 Å². The fourth-order valence-corrected chi connectivity index (χ4v) is 6.19. The highest BCUT2D eigenvalue weighted by molar-refractivity contribution is 6.32. The topological polar surface area (TPSA) is 116 Å². The van der Waals surface area contributed by atoms with Gasteiger partial charge in [-0.05, 0) is 73.2 Å². The summed E-state index contributed by atoms with van der Waals surface area (Å²) in [5.74, 6) is -0.427. The van der Waals surface area contributed by atoms with Gasteiger partial charge in [0.15, 0.2) is 0 Å². The van der Waals surface area contributed by atoms with Gasteiger partial charge in [-0.2, -0.15) is 0 Å². The van der Waals surface area contributed by atoms with Crippen LogP contribution in [0.25, 0.3) is 0 Å². The Kier molecular flexibility index (Phi) is 6.38. The molecule has 0 radical (unpaired) electrons. The summed E-state index contributed by atoms with van der Waals surface area (Å²) in [5, 5.41) is 11.0.